The maximum atomic E-state index is 2.64. The molecule has 0 aliphatic carbocycles. The molecule has 1 heterocycles. The third-order valence-electron chi connectivity index (χ3n) is 6.82. The van der Waals surface area contributed by atoms with E-state index >= 15 is 0 Å². The molecular formula is C30H36N2. The molecular weight excluding hydrogens is 388 g/mol. The fourth-order valence-corrected chi connectivity index (χ4v) is 5.33. The van der Waals surface area contributed by atoms with Crippen molar-refractivity contribution in [3.63, 3.8) is 0 Å². The van der Waals surface area contributed by atoms with Gasteiger partial charge in [-0.3, -0.25) is 0 Å². The zero-order chi connectivity index (χ0) is 22.2. The predicted molar refractivity (Wildman–Crippen MR) is 137 cm³/mol. The molecule has 4 rings (SSSR count). The highest BCUT2D eigenvalue weighted by Gasteiger charge is 2.49. The van der Waals surface area contributed by atoms with E-state index in [0.717, 1.165) is 19.4 Å². The fraction of sp³-hybridized carbons (Fsp3) is 0.333. The SMILES string of the molecule is CCCCCN1C=CN(c2ccccc2)C1(Cc1ccccc1)C(CC)c1ccccc1. The van der Waals surface area contributed by atoms with Crippen LogP contribution in [0.15, 0.2) is 103 Å². The maximum absolute atomic E-state index is 2.64. The van der Waals surface area contributed by atoms with Crippen LogP contribution < -0.4 is 4.90 Å². The average Bonchev–Trinajstić information content (AvgIpc) is 3.20. The Morgan fingerprint density at radius 1 is 0.719 bits per heavy atom. The number of rotatable bonds is 10. The van der Waals surface area contributed by atoms with E-state index in [1.807, 2.05) is 0 Å². The topological polar surface area (TPSA) is 6.48 Å². The van der Waals surface area contributed by atoms with Gasteiger partial charge in [0.2, 0.25) is 0 Å². The summed E-state index contributed by atoms with van der Waals surface area (Å²) in [4.78, 5) is 5.19. The minimum Gasteiger partial charge on any atom is -0.352 e. The van der Waals surface area contributed by atoms with E-state index in [1.54, 1.807) is 0 Å². The van der Waals surface area contributed by atoms with E-state index in [2.05, 4.69) is 127 Å². The highest BCUT2D eigenvalue weighted by Crippen LogP contribution is 2.47. The number of para-hydroxylation sites is 1. The van der Waals surface area contributed by atoms with Crippen molar-refractivity contribution in [2.45, 2.75) is 57.5 Å². The quantitative estimate of drug-likeness (QED) is 0.309. The van der Waals surface area contributed by atoms with Crippen LogP contribution in [0.4, 0.5) is 5.69 Å². The Hall–Kier alpha value is -3.00. The number of hydrogen-bond acceptors (Lipinski definition) is 2. The highest BCUT2D eigenvalue weighted by molar-refractivity contribution is 5.56. The summed E-state index contributed by atoms with van der Waals surface area (Å²) in [6.07, 6.45) is 10.4. The number of unbranched alkanes of at least 4 members (excludes halogenated alkanes) is 2. The summed E-state index contributed by atoms with van der Waals surface area (Å²) in [6, 6.07) is 33.0. The summed E-state index contributed by atoms with van der Waals surface area (Å²) in [6.45, 7) is 5.70. The first kappa shape index (κ1) is 22.2. The third-order valence-corrected chi connectivity index (χ3v) is 6.82. The molecule has 0 saturated carbocycles. The fourth-order valence-electron chi connectivity index (χ4n) is 5.33. The lowest BCUT2D eigenvalue weighted by Gasteiger charge is -2.51. The van der Waals surface area contributed by atoms with Crippen molar-refractivity contribution in [2.24, 2.45) is 0 Å². The summed E-state index contributed by atoms with van der Waals surface area (Å²) in [7, 11) is 0. The molecule has 32 heavy (non-hydrogen) atoms. The van der Waals surface area contributed by atoms with Crippen LogP contribution in [0.1, 0.15) is 56.6 Å². The molecule has 3 aromatic carbocycles. The van der Waals surface area contributed by atoms with Gasteiger partial charge in [-0.15, -0.1) is 0 Å². The summed E-state index contributed by atoms with van der Waals surface area (Å²) < 4.78 is 0. The van der Waals surface area contributed by atoms with Gasteiger partial charge in [0.1, 0.15) is 5.66 Å². The van der Waals surface area contributed by atoms with Crippen molar-refractivity contribution < 1.29 is 0 Å². The van der Waals surface area contributed by atoms with Crippen LogP contribution in [-0.4, -0.2) is 17.1 Å². The highest BCUT2D eigenvalue weighted by atomic mass is 15.4. The molecule has 0 amide bonds. The van der Waals surface area contributed by atoms with E-state index < -0.39 is 0 Å². The standard InChI is InChI=1S/C30H36N2/c1-3-5-15-22-31-23-24-32(28-20-13-8-14-21-28)30(31,25-26-16-9-6-10-17-26)29(4-2)27-18-11-7-12-19-27/h6-14,16-21,23-24,29H,3-5,15,22,25H2,1-2H3. The van der Waals surface area contributed by atoms with Crippen LogP contribution in [0.3, 0.4) is 0 Å². The van der Waals surface area contributed by atoms with Crippen molar-refractivity contribution in [3.05, 3.63) is 115 Å². The molecule has 3 aromatic rings. The summed E-state index contributed by atoms with van der Waals surface area (Å²) in [5.41, 5.74) is 3.86. The Kier molecular flexibility index (Phi) is 7.32. The Morgan fingerprint density at radius 2 is 1.34 bits per heavy atom. The zero-order valence-electron chi connectivity index (χ0n) is 19.5. The molecule has 166 valence electrons. The van der Waals surface area contributed by atoms with E-state index in [1.165, 1.54) is 36.1 Å². The van der Waals surface area contributed by atoms with Crippen LogP contribution in [0, 0.1) is 0 Å². The van der Waals surface area contributed by atoms with Gasteiger partial charge in [-0.25, -0.2) is 0 Å². The second kappa shape index (κ2) is 10.5. The van der Waals surface area contributed by atoms with E-state index in [9.17, 15) is 0 Å². The predicted octanol–water partition coefficient (Wildman–Crippen LogP) is 7.60. The molecule has 0 fully saturated rings. The van der Waals surface area contributed by atoms with Gasteiger partial charge in [-0.1, -0.05) is 106 Å². The van der Waals surface area contributed by atoms with Crippen LogP contribution >= 0.6 is 0 Å². The van der Waals surface area contributed by atoms with Crippen LogP contribution in [0.5, 0.6) is 0 Å². The first-order valence-corrected chi connectivity index (χ1v) is 12.2. The molecule has 2 nitrogen and oxygen atoms in total. The lowest BCUT2D eigenvalue weighted by molar-refractivity contribution is 0.125. The van der Waals surface area contributed by atoms with Gasteiger partial charge in [0, 0.05) is 37.0 Å². The minimum atomic E-state index is -0.188. The normalized spacial score (nSPS) is 18.8. The van der Waals surface area contributed by atoms with Gasteiger partial charge in [-0.05, 0) is 36.1 Å². The zero-order valence-corrected chi connectivity index (χ0v) is 19.5. The molecule has 0 saturated heterocycles. The van der Waals surface area contributed by atoms with Crippen molar-refractivity contribution in [3.8, 4) is 0 Å². The van der Waals surface area contributed by atoms with Crippen LogP contribution in [0.25, 0.3) is 0 Å². The van der Waals surface area contributed by atoms with Gasteiger partial charge in [-0.2, -0.15) is 0 Å². The van der Waals surface area contributed by atoms with Crippen molar-refractivity contribution >= 4 is 5.69 Å². The maximum Gasteiger partial charge on any atom is 0.127 e. The Balaban J connectivity index is 1.86. The molecule has 1 aliphatic heterocycles. The molecule has 2 heteroatoms. The van der Waals surface area contributed by atoms with Crippen molar-refractivity contribution in [1.82, 2.24) is 4.90 Å². The van der Waals surface area contributed by atoms with Crippen molar-refractivity contribution in [2.75, 3.05) is 11.4 Å². The third kappa shape index (κ3) is 4.46. The number of anilines is 1. The van der Waals surface area contributed by atoms with Gasteiger partial charge < -0.3 is 9.80 Å². The van der Waals surface area contributed by atoms with Gasteiger partial charge in [0.05, 0.1) is 0 Å². The molecule has 2 atom stereocenters. The molecule has 0 aromatic heterocycles. The number of nitrogens with zero attached hydrogens (tertiary/aromatic N) is 2. The van der Waals surface area contributed by atoms with Gasteiger partial charge in [0.15, 0.2) is 0 Å². The first-order chi connectivity index (χ1) is 15.8. The summed E-state index contributed by atoms with van der Waals surface area (Å²) in [5, 5.41) is 0. The first-order valence-electron chi connectivity index (χ1n) is 12.2. The number of hydrogen-bond donors (Lipinski definition) is 0. The summed E-state index contributed by atoms with van der Waals surface area (Å²) >= 11 is 0. The van der Waals surface area contributed by atoms with Crippen molar-refractivity contribution in [1.29, 1.82) is 0 Å². The van der Waals surface area contributed by atoms with E-state index in [0.29, 0.717) is 5.92 Å². The lowest BCUT2D eigenvalue weighted by Crippen LogP contribution is -2.59. The second-order valence-corrected chi connectivity index (χ2v) is 8.82. The second-order valence-electron chi connectivity index (χ2n) is 8.82. The largest absolute Gasteiger partial charge is 0.352 e. The van der Waals surface area contributed by atoms with Crippen LogP contribution in [-0.2, 0) is 6.42 Å². The molecule has 2 unspecified atom stereocenters. The molecule has 0 radical (unpaired) electrons. The number of benzene rings is 3. The van der Waals surface area contributed by atoms with Gasteiger partial charge in [0.25, 0.3) is 0 Å². The molecule has 0 N–H and O–H groups in total. The van der Waals surface area contributed by atoms with Gasteiger partial charge >= 0.3 is 0 Å². The smallest absolute Gasteiger partial charge is 0.127 e. The summed E-state index contributed by atoms with van der Waals surface area (Å²) in [5.74, 6) is 0.362. The molecule has 0 spiro atoms. The monoisotopic (exact) mass is 424 g/mol. The van der Waals surface area contributed by atoms with E-state index in [-0.39, 0.29) is 5.66 Å². The lowest BCUT2D eigenvalue weighted by atomic mass is 9.78. The average molecular weight is 425 g/mol. The minimum absolute atomic E-state index is 0.188. The molecule has 1 aliphatic rings. The Bertz CT molecular complexity index is 967. The Morgan fingerprint density at radius 3 is 1.97 bits per heavy atom. The molecule has 0 bridgehead atoms. The van der Waals surface area contributed by atoms with E-state index in [4.69, 9.17) is 0 Å². The van der Waals surface area contributed by atoms with Crippen LogP contribution in [0.2, 0.25) is 0 Å². The Labute approximate surface area is 194 Å².